The van der Waals surface area contributed by atoms with E-state index in [1.807, 2.05) is 0 Å². The van der Waals surface area contributed by atoms with E-state index in [-0.39, 0.29) is 16.7 Å². The molecule has 2 aromatic rings. The normalized spacial score (nSPS) is 16.4. The van der Waals surface area contributed by atoms with E-state index in [1.54, 1.807) is 7.05 Å². The summed E-state index contributed by atoms with van der Waals surface area (Å²) in [5.74, 6) is -0.0381. The van der Waals surface area contributed by atoms with E-state index in [0.29, 0.717) is 22.0 Å². The van der Waals surface area contributed by atoms with Gasteiger partial charge in [0.15, 0.2) is 0 Å². The van der Waals surface area contributed by atoms with Gasteiger partial charge in [0.25, 0.3) is 11.8 Å². The number of rotatable bonds is 5. The number of thiophene rings is 1. The molecule has 1 aromatic carbocycles. The molecule has 0 bridgehead atoms. The number of carbonyl (C=O) groups excluding carboxylic acids is 2. The molecule has 0 spiro atoms. The molecular weight excluding hydrogens is 410 g/mol. The van der Waals surface area contributed by atoms with Crippen molar-refractivity contribution in [2.24, 2.45) is 5.92 Å². The maximum atomic E-state index is 12.8. The van der Waals surface area contributed by atoms with Crippen molar-refractivity contribution in [2.45, 2.75) is 31.1 Å². The van der Waals surface area contributed by atoms with Crippen molar-refractivity contribution >= 4 is 38.2 Å². The van der Waals surface area contributed by atoms with Gasteiger partial charge in [-0.05, 0) is 55.0 Å². The molecule has 156 valence electrons. The quantitative estimate of drug-likeness (QED) is 0.755. The molecule has 1 aliphatic carbocycles. The van der Waals surface area contributed by atoms with E-state index in [1.165, 1.54) is 49.7 Å². The highest BCUT2D eigenvalue weighted by molar-refractivity contribution is 7.89. The van der Waals surface area contributed by atoms with Crippen LogP contribution in [-0.4, -0.2) is 45.7 Å². The van der Waals surface area contributed by atoms with Gasteiger partial charge >= 0.3 is 0 Å². The third-order valence-electron chi connectivity index (χ3n) is 5.09. The number of nitrogens with zero attached hydrogens (tertiary/aromatic N) is 1. The molecule has 29 heavy (non-hydrogen) atoms. The zero-order chi connectivity index (χ0) is 21.3. The molecular formula is C20H25N3O4S2. The number of benzene rings is 1. The topological polar surface area (TPSA) is 95.6 Å². The zero-order valence-corrected chi connectivity index (χ0v) is 18.5. The van der Waals surface area contributed by atoms with Crippen LogP contribution in [0.15, 0.2) is 29.2 Å². The highest BCUT2D eigenvalue weighted by atomic mass is 32.2. The van der Waals surface area contributed by atoms with Crippen LogP contribution in [0.2, 0.25) is 0 Å². The van der Waals surface area contributed by atoms with E-state index >= 15 is 0 Å². The van der Waals surface area contributed by atoms with Gasteiger partial charge in [-0.1, -0.05) is 6.92 Å². The molecule has 1 heterocycles. The van der Waals surface area contributed by atoms with E-state index in [4.69, 9.17) is 0 Å². The molecule has 1 unspecified atom stereocenters. The SMILES string of the molecule is CNC(=O)c1c(NC(=O)c2ccc(S(=O)(=O)N(C)C)cc2)sc2c1CCC(C)C2. The summed E-state index contributed by atoms with van der Waals surface area (Å²) in [6.45, 7) is 2.18. The van der Waals surface area contributed by atoms with Crippen LogP contribution in [-0.2, 0) is 22.9 Å². The Morgan fingerprint density at radius 3 is 2.38 bits per heavy atom. The van der Waals surface area contributed by atoms with E-state index in [9.17, 15) is 18.0 Å². The van der Waals surface area contributed by atoms with Crippen molar-refractivity contribution in [2.75, 3.05) is 26.5 Å². The number of fused-ring (bicyclic) bond motifs is 1. The van der Waals surface area contributed by atoms with E-state index < -0.39 is 10.0 Å². The first-order chi connectivity index (χ1) is 13.6. The summed E-state index contributed by atoms with van der Waals surface area (Å²) in [4.78, 5) is 26.5. The fourth-order valence-corrected chi connectivity index (χ4v) is 5.67. The lowest BCUT2D eigenvalue weighted by Crippen LogP contribution is -2.23. The van der Waals surface area contributed by atoms with Gasteiger partial charge < -0.3 is 10.6 Å². The second-order valence-electron chi connectivity index (χ2n) is 7.40. The fraction of sp³-hybridized carbons (Fsp3) is 0.400. The lowest BCUT2D eigenvalue weighted by molar-refractivity contribution is 0.0963. The molecule has 0 aliphatic heterocycles. The largest absolute Gasteiger partial charge is 0.355 e. The molecule has 0 radical (unpaired) electrons. The van der Waals surface area contributed by atoms with Gasteiger partial charge in [0.05, 0.1) is 10.5 Å². The summed E-state index contributed by atoms with van der Waals surface area (Å²) in [6, 6.07) is 5.76. The maximum absolute atomic E-state index is 12.8. The molecule has 0 saturated heterocycles. The molecule has 1 atom stereocenters. The van der Waals surface area contributed by atoms with Crippen LogP contribution < -0.4 is 10.6 Å². The Morgan fingerprint density at radius 2 is 1.79 bits per heavy atom. The van der Waals surface area contributed by atoms with Crippen molar-refractivity contribution in [1.82, 2.24) is 9.62 Å². The standard InChI is InChI=1S/C20H25N3O4S2/c1-12-5-10-15-16(11-12)28-20(17(15)19(25)21-2)22-18(24)13-6-8-14(9-7-13)29(26,27)23(3)4/h6-9,12H,5,10-11H2,1-4H3,(H,21,25)(H,22,24). The zero-order valence-electron chi connectivity index (χ0n) is 16.9. The molecule has 0 fully saturated rings. The summed E-state index contributed by atoms with van der Waals surface area (Å²) in [6.07, 6.45) is 2.74. The number of hydrogen-bond acceptors (Lipinski definition) is 5. The molecule has 1 aliphatic rings. The van der Waals surface area contributed by atoms with Gasteiger partial charge in [-0.25, -0.2) is 12.7 Å². The summed E-state index contributed by atoms with van der Waals surface area (Å²) < 4.78 is 25.5. The highest BCUT2D eigenvalue weighted by Gasteiger charge is 2.28. The van der Waals surface area contributed by atoms with E-state index in [2.05, 4.69) is 17.6 Å². The highest BCUT2D eigenvalue weighted by Crippen LogP contribution is 2.39. The predicted molar refractivity (Wildman–Crippen MR) is 114 cm³/mol. The van der Waals surface area contributed by atoms with Gasteiger partial charge in [-0.3, -0.25) is 9.59 Å². The Morgan fingerprint density at radius 1 is 1.14 bits per heavy atom. The average molecular weight is 436 g/mol. The molecule has 2 N–H and O–H groups in total. The van der Waals surface area contributed by atoms with Gasteiger partial charge in [0, 0.05) is 31.6 Å². The second-order valence-corrected chi connectivity index (χ2v) is 10.7. The van der Waals surface area contributed by atoms with Crippen LogP contribution >= 0.6 is 11.3 Å². The van der Waals surface area contributed by atoms with Gasteiger partial charge in [-0.2, -0.15) is 0 Å². The predicted octanol–water partition coefficient (Wildman–Crippen LogP) is 2.74. The number of carbonyl (C=O) groups is 2. The van der Waals surface area contributed by atoms with Crippen LogP contribution in [0.25, 0.3) is 0 Å². The molecule has 0 saturated carbocycles. The van der Waals surface area contributed by atoms with Crippen molar-refractivity contribution in [3.63, 3.8) is 0 Å². The van der Waals surface area contributed by atoms with Crippen molar-refractivity contribution < 1.29 is 18.0 Å². The second kappa shape index (κ2) is 8.25. The van der Waals surface area contributed by atoms with Crippen molar-refractivity contribution in [3.05, 3.63) is 45.8 Å². The third kappa shape index (κ3) is 4.22. The minimum atomic E-state index is -3.56. The van der Waals surface area contributed by atoms with Crippen LogP contribution in [0, 0.1) is 5.92 Å². The number of nitrogens with one attached hydrogen (secondary N) is 2. The Balaban J connectivity index is 1.88. The smallest absolute Gasteiger partial charge is 0.256 e. The Kier molecular flexibility index (Phi) is 6.11. The Hall–Kier alpha value is -2.23. The minimum absolute atomic E-state index is 0.116. The average Bonchev–Trinajstić information content (AvgIpc) is 3.04. The minimum Gasteiger partial charge on any atom is -0.355 e. The Bertz CT molecular complexity index is 1040. The maximum Gasteiger partial charge on any atom is 0.256 e. The fourth-order valence-electron chi connectivity index (χ4n) is 3.37. The lowest BCUT2D eigenvalue weighted by Gasteiger charge is -2.18. The number of anilines is 1. The van der Waals surface area contributed by atoms with Crippen LogP contribution in [0.4, 0.5) is 5.00 Å². The molecule has 9 heteroatoms. The molecule has 2 amide bonds. The van der Waals surface area contributed by atoms with Gasteiger partial charge in [0.1, 0.15) is 5.00 Å². The van der Waals surface area contributed by atoms with Gasteiger partial charge in [-0.15, -0.1) is 11.3 Å². The van der Waals surface area contributed by atoms with Crippen LogP contribution in [0.3, 0.4) is 0 Å². The summed E-state index contributed by atoms with van der Waals surface area (Å²) in [5.41, 5.74) is 1.89. The lowest BCUT2D eigenvalue weighted by atomic mass is 9.88. The first-order valence-corrected chi connectivity index (χ1v) is 11.6. The van der Waals surface area contributed by atoms with E-state index in [0.717, 1.165) is 34.0 Å². The third-order valence-corrected chi connectivity index (χ3v) is 8.09. The number of hydrogen-bond donors (Lipinski definition) is 2. The number of sulfonamides is 1. The summed E-state index contributed by atoms with van der Waals surface area (Å²) in [7, 11) is 0.929. The summed E-state index contributed by atoms with van der Waals surface area (Å²) in [5, 5.41) is 6.06. The van der Waals surface area contributed by atoms with Crippen molar-refractivity contribution in [1.29, 1.82) is 0 Å². The number of amides is 2. The summed E-state index contributed by atoms with van der Waals surface area (Å²) >= 11 is 1.45. The van der Waals surface area contributed by atoms with Crippen molar-refractivity contribution in [3.8, 4) is 0 Å². The molecule has 3 rings (SSSR count). The monoisotopic (exact) mass is 435 g/mol. The van der Waals surface area contributed by atoms with Crippen LogP contribution in [0.5, 0.6) is 0 Å². The first kappa shape index (κ1) is 21.5. The van der Waals surface area contributed by atoms with Crippen LogP contribution in [0.1, 0.15) is 44.5 Å². The first-order valence-electron chi connectivity index (χ1n) is 9.35. The molecule has 7 nitrogen and oxygen atoms in total. The Labute approximate surface area is 175 Å². The molecule has 1 aromatic heterocycles. The van der Waals surface area contributed by atoms with Gasteiger partial charge in [0.2, 0.25) is 10.0 Å².